The first kappa shape index (κ1) is 22.3. The molecule has 0 aliphatic carbocycles. The van der Waals surface area contributed by atoms with Gasteiger partial charge in [0, 0.05) is 61.1 Å². The van der Waals surface area contributed by atoms with Crippen LogP contribution in [0, 0.1) is 12.7 Å². The molecule has 0 bridgehead atoms. The van der Waals surface area contributed by atoms with Gasteiger partial charge < -0.3 is 26.0 Å². The highest BCUT2D eigenvalue weighted by Crippen LogP contribution is 2.38. The molecule has 1 fully saturated rings. The lowest BCUT2D eigenvalue weighted by molar-refractivity contribution is 0.0836. The highest BCUT2D eigenvalue weighted by Gasteiger charge is 2.29. The van der Waals surface area contributed by atoms with Crippen LogP contribution in [0.25, 0.3) is 21.9 Å². The largest absolute Gasteiger partial charge is 0.465 e. The summed E-state index contributed by atoms with van der Waals surface area (Å²) in [4.78, 5) is 22.1. The zero-order valence-electron chi connectivity index (χ0n) is 18.7. The second kappa shape index (κ2) is 8.69. The van der Waals surface area contributed by atoms with Gasteiger partial charge in [-0.15, -0.1) is 0 Å². The lowest BCUT2D eigenvalue weighted by Gasteiger charge is -2.31. The number of amides is 1. The van der Waals surface area contributed by atoms with Crippen molar-refractivity contribution >= 4 is 34.1 Å². The quantitative estimate of drug-likeness (QED) is 0.431. The summed E-state index contributed by atoms with van der Waals surface area (Å²) < 4.78 is 20.8. The molecule has 2 aliphatic rings. The first-order chi connectivity index (χ1) is 16.3. The number of aliphatic hydroxyl groups is 1. The van der Waals surface area contributed by atoms with Crippen LogP contribution >= 0.6 is 0 Å². The number of benzene rings is 1. The van der Waals surface area contributed by atoms with Gasteiger partial charge in [-0.05, 0) is 42.8 Å². The average molecular weight is 468 g/mol. The van der Waals surface area contributed by atoms with Gasteiger partial charge in [0.1, 0.15) is 5.82 Å². The first-order valence-electron chi connectivity index (χ1n) is 11.2. The molecular formula is C24H26FN5O4. The van der Waals surface area contributed by atoms with Gasteiger partial charge in [0.05, 0.1) is 23.2 Å². The molecule has 10 heteroatoms. The number of halogens is 1. The van der Waals surface area contributed by atoms with Crippen molar-refractivity contribution in [3.8, 4) is 11.1 Å². The van der Waals surface area contributed by atoms with Gasteiger partial charge in [0.25, 0.3) is 0 Å². The van der Waals surface area contributed by atoms with Gasteiger partial charge in [-0.25, -0.2) is 14.2 Å². The van der Waals surface area contributed by atoms with Gasteiger partial charge in [-0.1, -0.05) is 0 Å². The van der Waals surface area contributed by atoms with E-state index in [4.69, 9.17) is 10.5 Å². The van der Waals surface area contributed by atoms with Crippen LogP contribution in [-0.2, 0) is 11.2 Å². The van der Waals surface area contributed by atoms with E-state index in [-0.39, 0.29) is 23.1 Å². The third kappa shape index (κ3) is 3.78. The number of nitrogens with two attached hydrogens (primary N) is 1. The molecule has 3 aromatic rings. The fourth-order valence-electron chi connectivity index (χ4n) is 4.83. The van der Waals surface area contributed by atoms with Gasteiger partial charge in [0.2, 0.25) is 0 Å². The van der Waals surface area contributed by atoms with Crippen molar-refractivity contribution in [2.24, 2.45) is 0 Å². The van der Waals surface area contributed by atoms with E-state index in [1.807, 2.05) is 6.92 Å². The second-order valence-electron chi connectivity index (χ2n) is 8.77. The Bertz CT molecular complexity index is 1280. The number of nitrogens with zero attached hydrogens (tertiary/aromatic N) is 3. The number of pyridine rings is 2. The number of fused-ring (bicyclic) bond motifs is 2. The Morgan fingerprint density at radius 1 is 1.24 bits per heavy atom. The molecule has 1 saturated heterocycles. The zero-order valence-corrected chi connectivity index (χ0v) is 18.7. The number of carbonyl (C=O) groups is 1. The minimum Gasteiger partial charge on any atom is -0.465 e. The number of nitrogen functional groups attached to an aromatic ring is 1. The van der Waals surface area contributed by atoms with E-state index in [2.05, 4.69) is 15.3 Å². The highest BCUT2D eigenvalue weighted by molar-refractivity contribution is 5.99. The van der Waals surface area contributed by atoms with Gasteiger partial charge in [0.15, 0.2) is 5.82 Å². The smallest absolute Gasteiger partial charge is 0.413 e. The van der Waals surface area contributed by atoms with Gasteiger partial charge in [-0.3, -0.25) is 9.88 Å². The van der Waals surface area contributed by atoms with E-state index in [0.29, 0.717) is 55.4 Å². The fraction of sp³-hybridized carbons (Fsp3) is 0.375. The molecule has 178 valence electrons. The Morgan fingerprint density at radius 3 is 2.74 bits per heavy atom. The monoisotopic (exact) mass is 467 g/mol. The Balaban J connectivity index is 1.62. The molecule has 9 nitrogen and oxygen atoms in total. The molecule has 0 radical (unpaired) electrons. The van der Waals surface area contributed by atoms with Crippen LogP contribution in [0.1, 0.15) is 24.1 Å². The highest BCUT2D eigenvalue weighted by atomic mass is 19.1. The summed E-state index contributed by atoms with van der Waals surface area (Å²) in [5.41, 5.74) is 9.27. The molecule has 1 unspecified atom stereocenters. The molecule has 34 heavy (non-hydrogen) atoms. The summed E-state index contributed by atoms with van der Waals surface area (Å²) in [5.74, 6) is -0.318. The van der Waals surface area contributed by atoms with E-state index in [1.165, 1.54) is 11.1 Å². The molecule has 0 saturated carbocycles. The van der Waals surface area contributed by atoms with Crippen molar-refractivity contribution in [1.29, 1.82) is 0 Å². The normalized spacial score (nSPS) is 18.4. The molecule has 5 rings (SSSR count). The standard InChI is InChI=1S/C24H26FN5O4/c1-12-17(10-27-19-8-15(31)9-29-23(12)19)16-6-13-7-20(28-11-18(13)22(26)21(16)25)30(24(32)33)14-2-4-34-5-3-14/h6-7,10-11,14-15,29,31H,2-5,8-9,26H2,1H3,(H,32,33). The molecular weight excluding hydrogens is 441 g/mol. The topological polar surface area (TPSA) is 134 Å². The Kier molecular flexibility index (Phi) is 5.70. The van der Waals surface area contributed by atoms with Crippen LogP contribution in [0.3, 0.4) is 0 Å². The Labute approximate surface area is 195 Å². The van der Waals surface area contributed by atoms with E-state index >= 15 is 4.39 Å². The predicted molar refractivity (Wildman–Crippen MR) is 127 cm³/mol. The summed E-state index contributed by atoms with van der Waals surface area (Å²) in [6.45, 7) is 3.24. The Morgan fingerprint density at radius 2 is 2.00 bits per heavy atom. The maximum atomic E-state index is 15.4. The first-order valence-corrected chi connectivity index (χ1v) is 11.2. The number of ether oxygens (including phenoxy) is 1. The summed E-state index contributed by atoms with van der Waals surface area (Å²) in [7, 11) is 0. The molecule has 4 heterocycles. The number of hydrogen-bond donors (Lipinski definition) is 4. The van der Waals surface area contributed by atoms with Crippen molar-refractivity contribution in [1.82, 2.24) is 9.97 Å². The summed E-state index contributed by atoms with van der Waals surface area (Å²) in [5, 5.41) is 23.9. The van der Waals surface area contributed by atoms with E-state index < -0.39 is 18.0 Å². The number of nitrogens with one attached hydrogen (secondary N) is 1. The van der Waals surface area contributed by atoms with Crippen molar-refractivity contribution in [3.05, 3.63) is 41.6 Å². The number of aromatic nitrogens is 2. The number of anilines is 3. The van der Waals surface area contributed by atoms with Gasteiger partial charge in [-0.2, -0.15) is 0 Å². The number of β-amino-alcohol motifs (C(OH)–C–C–N with tert-alkyl or cyclic N) is 1. The maximum absolute atomic E-state index is 15.4. The van der Waals surface area contributed by atoms with Gasteiger partial charge >= 0.3 is 6.09 Å². The molecule has 1 amide bonds. The van der Waals surface area contributed by atoms with Crippen LogP contribution < -0.4 is 16.0 Å². The van der Waals surface area contributed by atoms with Crippen molar-refractivity contribution in [2.45, 2.75) is 38.3 Å². The summed E-state index contributed by atoms with van der Waals surface area (Å²) in [6.07, 6.45) is 2.97. The van der Waals surface area contributed by atoms with Crippen molar-refractivity contribution < 1.29 is 24.1 Å². The van der Waals surface area contributed by atoms with Crippen molar-refractivity contribution in [2.75, 3.05) is 35.7 Å². The molecule has 2 aliphatic heterocycles. The maximum Gasteiger partial charge on any atom is 0.413 e. The third-order valence-electron chi connectivity index (χ3n) is 6.64. The zero-order chi connectivity index (χ0) is 24.0. The van der Waals surface area contributed by atoms with Crippen LogP contribution in [0.5, 0.6) is 0 Å². The van der Waals surface area contributed by atoms with Crippen LogP contribution in [0.4, 0.5) is 26.4 Å². The minimum absolute atomic E-state index is 0.0556. The van der Waals surface area contributed by atoms with E-state index in [0.717, 1.165) is 16.9 Å². The summed E-state index contributed by atoms with van der Waals surface area (Å²) >= 11 is 0. The van der Waals surface area contributed by atoms with Crippen LogP contribution in [0.2, 0.25) is 0 Å². The van der Waals surface area contributed by atoms with Crippen molar-refractivity contribution in [3.63, 3.8) is 0 Å². The molecule has 1 aromatic carbocycles. The lowest BCUT2D eigenvalue weighted by Crippen LogP contribution is -2.43. The summed E-state index contributed by atoms with van der Waals surface area (Å²) in [6, 6.07) is 3.04. The predicted octanol–water partition coefficient (Wildman–Crippen LogP) is 3.32. The van der Waals surface area contributed by atoms with Crippen LogP contribution in [-0.4, -0.2) is 58.2 Å². The third-order valence-corrected chi connectivity index (χ3v) is 6.64. The Hall–Kier alpha value is -3.50. The fourth-order valence-corrected chi connectivity index (χ4v) is 4.83. The molecule has 5 N–H and O–H groups in total. The SMILES string of the molecule is Cc1c(-c2cc3cc(N(C(=O)O)C4CCOCC4)ncc3c(N)c2F)cnc2c1NCC(O)C2. The average Bonchev–Trinajstić information content (AvgIpc) is 2.82. The van der Waals surface area contributed by atoms with Crippen LogP contribution in [0.15, 0.2) is 24.5 Å². The number of carboxylic acid groups (broad SMARTS) is 1. The van der Waals surface area contributed by atoms with E-state index in [1.54, 1.807) is 18.3 Å². The number of aliphatic hydroxyl groups excluding tert-OH is 1. The van der Waals surface area contributed by atoms with E-state index in [9.17, 15) is 15.0 Å². The molecule has 0 spiro atoms. The molecule has 1 atom stereocenters. The number of hydrogen-bond acceptors (Lipinski definition) is 7. The molecule has 2 aromatic heterocycles. The minimum atomic E-state index is -1.10. The lowest BCUT2D eigenvalue weighted by atomic mass is 9.94. The second-order valence-corrected chi connectivity index (χ2v) is 8.77. The number of rotatable bonds is 3.